The van der Waals surface area contributed by atoms with E-state index in [1.807, 2.05) is 0 Å². The van der Waals surface area contributed by atoms with Crippen molar-refractivity contribution >= 4 is 5.97 Å². The zero-order valence-corrected chi connectivity index (χ0v) is 8.20. The maximum absolute atomic E-state index is 11.2. The molecule has 0 saturated carbocycles. The van der Waals surface area contributed by atoms with Crippen molar-refractivity contribution in [3.05, 3.63) is 40.5 Å². The third-order valence-electron chi connectivity index (χ3n) is 1.84. The van der Waals surface area contributed by atoms with Gasteiger partial charge in [-0.2, -0.15) is 0 Å². The van der Waals surface area contributed by atoms with E-state index in [-0.39, 0.29) is 0 Å². The molecule has 0 spiro atoms. The lowest BCUT2D eigenvalue weighted by Gasteiger charge is -2.07. The van der Waals surface area contributed by atoms with Gasteiger partial charge in [0.2, 0.25) is 0 Å². The molecule has 6 heteroatoms. The van der Waals surface area contributed by atoms with Crippen molar-refractivity contribution in [1.29, 1.82) is 0 Å². The third-order valence-corrected chi connectivity index (χ3v) is 1.84. The Labute approximate surface area is 86.5 Å². The van der Waals surface area contributed by atoms with E-state index in [9.17, 15) is 4.79 Å². The second-order valence-electron chi connectivity index (χ2n) is 2.80. The number of carbonyl (C=O) groups excluding carboxylic acids is 1. The first-order valence-corrected chi connectivity index (χ1v) is 4.29. The number of azide groups is 1. The fourth-order valence-electron chi connectivity index (χ4n) is 1.11. The van der Waals surface area contributed by atoms with Crippen molar-refractivity contribution in [2.75, 3.05) is 7.11 Å². The summed E-state index contributed by atoms with van der Waals surface area (Å²) >= 11 is 0. The van der Waals surface area contributed by atoms with Gasteiger partial charge in [0.05, 0.1) is 7.11 Å². The summed E-state index contributed by atoms with van der Waals surface area (Å²) in [6, 6.07) is 2.69. The van der Waals surface area contributed by atoms with E-state index < -0.39 is 12.0 Å². The Morgan fingerprint density at radius 1 is 1.67 bits per heavy atom. The zero-order valence-electron chi connectivity index (χ0n) is 8.20. The number of pyridine rings is 1. The van der Waals surface area contributed by atoms with E-state index in [1.165, 1.54) is 7.11 Å². The quantitative estimate of drug-likeness (QED) is 0.323. The second-order valence-corrected chi connectivity index (χ2v) is 2.80. The van der Waals surface area contributed by atoms with E-state index in [0.29, 0.717) is 6.42 Å². The van der Waals surface area contributed by atoms with Gasteiger partial charge in [-0.1, -0.05) is 5.11 Å². The molecule has 0 saturated heterocycles. The summed E-state index contributed by atoms with van der Waals surface area (Å²) in [6.45, 7) is 0. The number of methoxy groups -OCH3 is 1. The van der Waals surface area contributed by atoms with E-state index >= 15 is 0 Å². The van der Waals surface area contributed by atoms with Crippen LogP contribution in [0.5, 0.6) is 0 Å². The fraction of sp³-hybridized carbons (Fsp3) is 0.333. The minimum Gasteiger partial charge on any atom is -0.469 e. The number of ether oxygens (including phenoxy) is 1. The molecule has 78 valence electrons. The van der Waals surface area contributed by atoms with Crippen LogP contribution in [0.15, 0.2) is 29.6 Å². The maximum atomic E-state index is 11.2. The van der Waals surface area contributed by atoms with Crippen molar-refractivity contribution in [1.82, 2.24) is 4.98 Å². The predicted molar refractivity (Wildman–Crippen MR) is 52.9 cm³/mol. The fourth-order valence-corrected chi connectivity index (χ4v) is 1.11. The molecule has 0 aromatic carbocycles. The molecule has 1 aromatic rings. The highest BCUT2D eigenvalue weighted by Gasteiger charge is 2.17. The van der Waals surface area contributed by atoms with Gasteiger partial charge in [0, 0.05) is 17.3 Å². The molecule has 0 aliphatic carbocycles. The Morgan fingerprint density at radius 2 is 2.33 bits per heavy atom. The van der Waals surface area contributed by atoms with E-state index in [1.54, 1.807) is 24.5 Å². The average Bonchev–Trinajstić information content (AvgIpc) is 2.29. The topological polar surface area (TPSA) is 88.0 Å². The number of hydrogen-bond donors (Lipinski definition) is 0. The molecule has 1 atom stereocenters. The molecule has 0 aliphatic rings. The van der Waals surface area contributed by atoms with Gasteiger partial charge in [0.15, 0.2) is 0 Å². The molecule has 1 heterocycles. The van der Waals surface area contributed by atoms with Gasteiger partial charge in [-0.15, -0.1) is 0 Å². The van der Waals surface area contributed by atoms with Crippen LogP contribution in [-0.4, -0.2) is 24.1 Å². The third kappa shape index (κ3) is 3.28. The van der Waals surface area contributed by atoms with Crippen molar-refractivity contribution in [3.63, 3.8) is 0 Å². The van der Waals surface area contributed by atoms with Gasteiger partial charge in [-0.05, 0) is 29.6 Å². The smallest absolute Gasteiger partial charge is 0.314 e. The largest absolute Gasteiger partial charge is 0.469 e. The summed E-state index contributed by atoms with van der Waals surface area (Å²) in [5.41, 5.74) is 9.17. The molecular formula is C9H10N4O2. The maximum Gasteiger partial charge on any atom is 0.314 e. The van der Waals surface area contributed by atoms with Crippen molar-refractivity contribution in [2.24, 2.45) is 5.11 Å². The Hall–Kier alpha value is -2.07. The van der Waals surface area contributed by atoms with Crippen LogP contribution in [0, 0.1) is 0 Å². The number of rotatable bonds is 4. The summed E-state index contributed by atoms with van der Waals surface area (Å²) in [5.74, 6) is -0.537. The second kappa shape index (κ2) is 5.62. The molecule has 0 radical (unpaired) electrons. The standard InChI is InChI=1S/C9H10N4O2/c1-15-9(14)8(12-13-10)6-7-2-4-11-5-3-7/h2-5,8H,6H2,1H3/t8-/m1/s1. The van der Waals surface area contributed by atoms with Crippen LogP contribution in [0.4, 0.5) is 0 Å². The van der Waals surface area contributed by atoms with E-state index in [4.69, 9.17) is 5.53 Å². The lowest BCUT2D eigenvalue weighted by Crippen LogP contribution is -2.22. The highest BCUT2D eigenvalue weighted by atomic mass is 16.5. The van der Waals surface area contributed by atoms with Gasteiger partial charge in [-0.3, -0.25) is 9.78 Å². The van der Waals surface area contributed by atoms with E-state index in [0.717, 1.165) is 5.56 Å². The molecule has 0 bridgehead atoms. The molecule has 0 unspecified atom stereocenters. The Morgan fingerprint density at radius 3 is 2.87 bits per heavy atom. The Bertz CT molecular complexity index is 373. The summed E-state index contributed by atoms with van der Waals surface area (Å²) in [6.07, 6.45) is 3.54. The monoisotopic (exact) mass is 206 g/mol. The minimum atomic E-state index is -0.817. The van der Waals surface area contributed by atoms with Gasteiger partial charge in [0.1, 0.15) is 6.04 Å². The van der Waals surface area contributed by atoms with Crippen molar-refractivity contribution in [3.8, 4) is 0 Å². The predicted octanol–water partition coefficient (Wildman–Crippen LogP) is 1.48. The highest BCUT2D eigenvalue weighted by molar-refractivity contribution is 5.76. The molecule has 0 fully saturated rings. The molecule has 0 amide bonds. The molecule has 1 aromatic heterocycles. The lowest BCUT2D eigenvalue weighted by molar-refractivity contribution is -0.142. The molecular weight excluding hydrogens is 196 g/mol. The number of hydrogen-bond acceptors (Lipinski definition) is 4. The van der Waals surface area contributed by atoms with Crippen LogP contribution in [0.25, 0.3) is 10.4 Å². The van der Waals surface area contributed by atoms with Crippen molar-refractivity contribution in [2.45, 2.75) is 12.5 Å². The first-order chi connectivity index (χ1) is 7.27. The molecule has 15 heavy (non-hydrogen) atoms. The van der Waals surface area contributed by atoms with Crippen LogP contribution < -0.4 is 0 Å². The first kappa shape index (κ1) is 11.0. The van der Waals surface area contributed by atoms with Gasteiger partial charge >= 0.3 is 5.97 Å². The van der Waals surface area contributed by atoms with Gasteiger partial charge in [-0.25, -0.2) is 0 Å². The van der Waals surface area contributed by atoms with Crippen LogP contribution in [0.3, 0.4) is 0 Å². The van der Waals surface area contributed by atoms with Gasteiger partial charge < -0.3 is 4.74 Å². The summed E-state index contributed by atoms with van der Waals surface area (Å²) in [5, 5.41) is 3.38. The van der Waals surface area contributed by atoms with E-state index in [2.05, 4.69) is 19.7 Å². The molecule has 1 rings (SSSR count). The zero-order chi connectivity index (χ0) is 11.1. The van der Waals surface area contributed by atoms with Crippen LogP contribution >= 0.6 is 0 Å². The van der Waals surface area contributed by atoms with Gasteiger partial charge in [0.25, 0.3) is 0 Å². The summed E-state index contributed by atoms with van der Waals surface area (Å²) in [7, 11) is 1.26. The number of aromatic nitrogens is 1. The Balaban J connectivity index is 2.75. The minimum absolute atomic E-state index is 0.319. The SMILES string of the molecule is COC(=O)[C@@H](Cc1ccncc1)N=[N+]=[N-]. The van der Waals surface area contributed by atoms with Crippen LogP contribution in [0.2, 0.25) is 0 Å². The molecule has 0 N–H and O–H groups in total. The first-order valence-electron chi connectivity index (χ1n) is 4.29. The number of esters is 1. The normalized spacial score (nSPS) is 11.3. The highest BCUT2D eigenvalue weighted by Crippen LogP contribution is 2.06. The molecule has 6 nitrogen and oxygen atoms in total. The summed E-state index contributed by atoms with van der Waals surface area (Å²) < 4.78 is 4.52. The number of carbonyl (C=O) groups is 1. The van der Waals surface area contributed by atoms with Crippen LogP contribution in [0.1, 0.15) is 5.56 Å². The Kier molecular flexibility index (Phi) is 4.12. The van der Waals surface area contributed by atoms with Crippen LogP contribution in [-0.2, 0) is 16.0 Å². The number of nitrogens with zero attached hydrogens (tertiary/aromatic N) is 4. The summed E-state index contributed by atoms with van der Waals surface area (Å²) in [4.78, 5) is 17.7. The van der Waals surface area contributed by atoms with Crippen molar-refractivity contribution < 1.29 is 9.53 Å². The lowest BCUT2D eigenvalue weighted by atomic mass is 10.1. The average molecular weight is 206 g/mol. The molecule has 0 aliphatic heterocycles.